The summed E-state index contributed by atoms with van der Waals surface area (Å²) >= 11 is 0. The smallest absolute Gasteiger partial charge is 0.261 e. The molecule has 1 fully saturated rings. The number of piperazine rings is 1. The van der Waals surface area contributed by atoms with Crippen LogP contribution in [0, 0.1) is 13.8 Å². The number of sulfonamides is 1. The van der Waals surface area contributed by atoms with Gasteiger partial charge in [-0.2, -0.15) is 0 Å². The highest BCUT2D eigenvalue weighted by Crippen LogP contribution is 2.23. The molecule has 27 heavy (non-hydrogen) atoms. The third kappa shape index (κ3) is 4.31. The molecule has 0 atom stereocenters. The summed E-state index contributed by atoms with van der Waals surface area (Å²) in [5.41, 5.74) is 2.82. The first-order valence-corrected chi connectivity index (χ1v) is 10.4. The number of para-hydroxylation sites is 1. The number of hydrogen-bond acceptors (Lipinski definition) is 4. The van der Waals surface area contributed by atoms with Gasteiger partial charge in [-0.15, -0.1) is 0 Å². The van der Waals surface area contributed by atoms with Gasteiger partial charge in [-0.1, -0.05) is 18.2 Å². The Morgan fingerprint density at radius 1 is 0.926 bits per heavy atom. The van der Waals surface area contributed by atoms with Crippen molar-refractivity contribution in [2.24, 2.45) is 0 Å². The summed E-state index contributed by atoms with van der Waals surface area (Å²) in [7, 11) is -1.68. The fourth-order valence-corrected chi connectivity index (χ4v) is 4.34. The highest BCUT2D eigenvalue weighted by molar-refractivity contribution is 7.92. The molecule has 1 aliphatic rings. The Bertz CT molecular complexity index is 911. The topological polar surface area (TPSA) is 69.7 Å². The summed E-state index contributed by atoms with van der Waals surface area (Å²) in [5, 5.41) is 0. The molecule has 0 unspecified atom stereocenters. The number of anilines is 1. The molecule has 1 saturated heterocycles. The molecule has 6 nitrogen and oxygen atoms in total. The van der Waals surface area contributed by atoms with Crippen molar-refractivity contribution < 1.29 is 13.2 Å². The van der Waals surface area contributed by atoms with Crippen molar-refractivity contribution in [2.75, 3.05) is 37.9 Å². The van der Waals surface area contributed by atoms with Crippen LogP contribution in [0.3, 0.4) is 0 Å². The highest BCUT2D eigenvalue weighted by atomic mass is 32.2. The van der Waals surface area contributed by atoms with Gasteiger partial charge in [0.2, 0.25) is 0 Å². The van der Waals surface area contributed by atoms with E-state index in [0.29, 0.717) is 24.3 Å². The molecule has 0 radical (unpaired) electrons. The molecule has 1 amide bonds. The van der Waals surface area contributed by atoms with Gasteiger partial charge in [0.15, 0.2) is 0 Å². The minimum absolute atomic E-state index is 0.0604. The van der Waals surface area contributed by atoms with Gasteiger partial charge in [-0.05, 0) is 56.3 Å². The Morgan fingerprint density at radius 3 is 2.04 bits per heavy atom. The summed E-state index contributed by atoms with van der Waals surface area (Å²) < 4.78 is 28.1. The number of rotatable bonds is 4. The first kappa shape index (κ1) is 19.4. The van der Waals surface area contributed by atoms with Gasteiger partial charge in [0, 0.05) is 31.7 Å². The molecule has 0 spiro atoms. The monoisotopic (exact) mass is 387 g/mol. The van der Waals surface area contributed by atoms with Crippen LogP contribution in [-0.2, 0) is 10.0 Å². The zero-order chi connectivity index (χ0) is 19.6. The van der Waals surface area contributed by atoms with Crippen molar-refractivity contribution in [1.82, 2.24) is 9.80 Å². The molecule has 2 aromatic carbocycles. The van der Waals surface area contributed by atoms with E-state index in [1.807, 2.05) is 39.1 Å². The normalized spacial score (nSPS) is 15.6. The van der Waals surface area contributed by atoms with Gasteiger partial charge < -0.3 is 9.80 Å². The molecule has 2 aromatic rings. The SMILES string of the molecule is Cc1cccc(C)c1NS(=O)(=O)c1ccc(C(=O)N2CCN(C)CC2)cc1. The average Bonchev–Trinajstić information content (AvgIpc) is 2.65. The minimum atomic E-state index is -3.71. The van der Waals surface area contributed by atoms with Crippen LogP contribution in [0.1, 0.15) is 21.5 Å². The highest BCUT2D eigenvalue weighted by Gasteiger charge is 2.22. The summed E-state index contributed by atoms with van der Waals surface area (Å²) in [5.74, 6) is -0.0604. The van der Waals surface area contributed by atoms with Crippen molar-refractivity contribution in [1.29, 1.82) is 0 Å². The van der Waals surface area contributed by atoms with E-state index in [1.165, 1.54) is 12.1 Å². The molecule has 7 heteroatoms. The standard InChI is InChI=1S/C20H25N3O3S/c1-15-5-4-6-16(2)19(15)21-27(25,26)18-9-7-17(8-10-18)20(24)23-13-11-22(3)12-14-23/h4-10,21H,11-14H2,1-3H3. The second-order valence-electron chi connectivity index (χ2n) is 6.99. The molecule has 0 saturated carbocycles. The largest absolute Gasteiger partial charge is 0.336 e. The number of carbonyl (C=O) groups excluding carboxylic acids is 1. The fraction of sp³-hybridized carbons (Fsp3) is 0.350. The number of benzene rings is 2. The number of aryl methyl sites for hydroxylation is 2. The number of carbonyl (C=O) groups is 1. The van der Waals surface area contributed by atoms with Crippen LogP contribution in [0.15, 0.2) is 47.4 Å². The average molecular weight is 388 g/mol. The van der Waals surface area contributed by atoms with E-state index in [4.69, 9.17) is 0 Å². The third-order valence-corrected chi connectivity index (χ3v) is 6.29. The van der Waals surface area contributed by atoms with E-state index in [2.05, 4.69) is 9.62 Å². The predicted octanol–water partition coefficient (Wildman–Crippen LogP) is 2.49. The van der Waals surface area contributed by atoms with Gasteiger partial charge in [0.05, 0.1) is 10.6 Å². The fourth-order valence-electron chi connectivity index (χ4n) is 3.14. The van der Waals surface area contributed by atoms with Crippen LogP contribution in [0.5, 0.6) is 0 Å². The molecular formula is C20H25N3O3S. The number of nitrogens with zero attached hydrogens (tertiary/aromatic N) is 2. The second kappa shape index (κ2) is 7.70. The van der Waals surface area contributed by atoms with E-state index >= 15 is 0 Å². The Labute approximate surface area is 160 Å². The van der Waals surface area contributed by atoms with Crippen molar-refractivity contribution >= 4 is 21.6 Å². The predicted molar refractivity (Wildman–Crippen MR) is 107 cm³/mol. The third-order valence-electron chi connectivity index (χ3n) is 4.92. The maximum atomic E-state index is 12.7. The van der Waals surface area contributed by atoms with Crippen molar-refractivity contribution in [3.8, 4) is 0 Å². The van der Waals surface area contributed by atoms with Crippen LogP contribution in [0.2, 0.25) is 0 Å². The molecule has 144 valence electrons. The molecule has 0 aromatic heterocycles. The van der Waals surface area contributed by atoms with E-state index in [9.17, 15) is 13.2 Å². The zero-order valence-corrected chi connectivity index (χ0v) is 16.7. The summed E-state index contributed by atoms with van der Waals surface area (Å²) in [6, 6.07) is 11.8. The Hall–Kier alpha value is -2.38. The van der Waals surface area contributed by atoms with Gasteiger partial charge in [0.1, 0.15) is 0 Å². The van der Waals surface area contributed by atoms with E-state index in [-0.39, 0.29) is 10.8 Å². The van der Waals surface area contributed by atoms with Gasteiger partial charge in [0.25, 0.3) is 15.9 Å². The van der Waals surface area contributed by atoms with Crippen molar-refractivity contribution in [2.45, 2.75) is 18.7 Å². The Kier molecular flexibility index (Phi) is 5.53. The number of nitrogens with one attached hydrogen (secondary N) is 1. The lowest BCUT2D eigenvalue weighted by molar-refractivity contribution is 0.0664. The van der Waals surface area contributed by atoms with Gasteiger partial charge >= 0.3 is 0 Å². The first-order chi connectivity index (χ1) is 12.8. The Balaban J connectivity index is 1.77. The summed E-state index contributed by atoms with van der Waals surface area (Å²) in [6.07, 6.45) is 0. The lowest BCUT2D eigenvalue weighted by atomic mass is 10.1. The van der Waals surface area contributed by atoms with E-state index in [0.717, 1.165) is 24.2 Å². The van der Waals surface area contributed by atoms with Crippen LogP contribution in [-0.4, -0.2) is 57.4 Å². The molecule has 1 N–H and O–H groups in total. The number of likely N-dealkylation sites (N-methyl/N-ethyl adjacent to an activating group) is 1. The van der Waals surface area contributed by atoms with Crippen molar-refractivity contribution in [3.05, 3.63) is 59.2 Å². The lowest BCUT2D eigenvalue weighted by Gasteiger charge is -2.32. The quantitative estimate of drug-likeness (QED) is 0.875. The molecule has 1 heterocycles. The molecule has 3 rings (SSSR count). The van der Waals surface area contributed by atoms with Crippen LogP contribution >= 0.6 is 0 Å². The maximum absolute atomic E-state index is 12.7. The zero-order valence-electron chi connectivity index (χ0n) is 15.9. The molecular weight excluding hydrogens is 362 g/mol. The maximum Gasteiger partial charge on any atom is 0.261 e. The number of amides is 1. The number of hydrogen-bond donors (Lipinski definition) is 1. The van der Waals surface area contributed by atoms with Crippen molar-refractivity contribution in [3.63, 3.8) is 0 Å². The summed E-state index contributed by atoms with van der Waals surface area (Å²) in [6.45, 7) is 6.79. The summed E-state index contributed by atoms with van der Waals surface area (Å²) in [4.78, 5) is 16.7. The van der Waals surface area contributed by atoms with Gasteiger partial charge in [-0.25, -0.2) is 8.42 Å². The van der Waals surface area contributed by atoms with E-state index < -0.39 is 10.0 Å². The van der Waals surface area contributed by atoms with E-state index in [1.54, 1.807) is 17.0 Å². The molecule has 0 aliphatic carbocycles. The minimum Gasteiger partial charge on any atom is -0.336 e. The lowest BCUT2D eigenvalue weighted by Crippen LogP contribution is -2.47. The van der Waals surface area contributed by atoms with Crippen LogP contribution < -0.4 is 4.72 Å². The second-order valence-corrected chi connectivity index (χ2v) is 8.67. The van der Waals surface area contributed by atoms with Crippen LogP contribution in [0.4, 0.5) is 5.69 Å². The molecule has 0 bridgehead atoms. The van der Waals surface area contributed by atoms with Gasteiger partial charge in [-0.3, -0.25) is 9.52 Å². The van der Waals surface area contributed by atoms with Crippen LogP contribution in [0.25, 0.3) is 0 Å². The Morgan fingerprint density at radius 2 is 1.48 bits per heavy atom. The molecule has 1 aliphatic heterocycles. The first-order valence-electron chi connectivity index (χ1n) is 8.95.